The number of hydrogen-bond donors (Lipinski definition) is 2. The molecule has 0 amide bonds. The molecule has 5 heteroatoms. The molecule has 90 valence electrons. The maximum atomic E-state index is 13.2. The summed E-state index contributed by atoms with van der Waals surface area (Å²) in [4.78, 5) is 0. The first-order valence-corrected chi connectivity index (χ1v) is 5.77. The predicted octanol–water partition coefficient (Wildman–Crippen LogP) is 1.86. The summed E-state index contributed by atoms with van der Waals surface area (Å²) in [5.41, 5.74) is 0.561. The number of rotatable bonds is 6. The van der Waals surface area contributed by atoms with Crippen molar-refractivity contribution in [2.75, 3.05) is 26.8 Å². The van der Waals surface area contributed by atoms with Gasteiger partial charge in [-0.15, -0.1) is 0 Å². The summed E-state index contributed by atoms with van der Waals surface area (Å²) in [6.07, 6.45) is -0.709. The van der Waals surface area contributed by atoms with E-state index in [1.54, 1.807) is 19.2 Å². The van der Waals surface area contributed by atoms with Crippen molar-refractivity contribution in [1.82, 2.24) is 5.32 Å². The first-order valence-electron chi connectivity index (χ1n) is 4.98. The van der Waals surface area contributed by atoms with Gasteiger partial charge >= 0.3 is 0 Å². The highest BCUT2D eigenvalue weighted by molar-refractivity contribution is 9.10. The Morgan fingerprint density at radius 3 is 2.94 bits per heavy atom. The quantitative estimate of drug-likeness (QED) is 0.786. The number of benzene rings is 1. The normalized spacial score (nSPS) is 12.8. The zero-order chi connectivity index (χ0) is 12.0. The van der Waals surface area contributed by atoms with Gasteiger partial charge in [0.25, 0.3) is 0 Å². The number of aliphatic hydroxyl groups is 1. The number of ether oxygens (including phenoxy) is 1. The SMILES string of the molecule is COCCNCC(O)c1ccc(Br)c(F)c1. The Morgan fingerprint density at radius 2 is 2.31 bits per heavy atom. The Bertz CT molecular complexity index is 336. The fourth-order valence-corrected chi connectivity index (χ4v) is 1.50. The van der Waals surface area contributed by atoms with Gasteiger partial charge in [-0.05, 0) is 33.6 Å². The van der Waals surface area contributed by atoms with Crippen molar-refractivity contribution >= 4 is 15.9 Å². The first kappa shape index (κ1) is 13.6. The van der Waals surface area contributed by atoms with Crippen molar-refractivity contribution in [2.24, 2.45) is 0 Å². The van der Waals surface area contributed by atoms with Gasteiger partial charge in [-0.2, -0.15) is 0 Å². The first-order chi connectivity index (χ1) is 7.65. The van der Waals surface area contributed by atoms with Gasteiger partial charge in [0, 0.05) is 20.2 Å². The topological polar surface area (TPSA) is 41.5 Å². The lowest BCUT2D eigenvalue weighted by atomic mass is 10.1. The highest BCUT2D eigenvalue weighted by Gasteiger charge is 2.09. The summed E-state index contributed by atoms with van der Waals surface area (Å²) < 4.78 is 18.4. The Morgan fingerprint density at radius 1 is 1.56 bits per heavy atom. The van der Waals surface area contributed by atoms with E-state index in [9.17, 15) is 9.50 Å². The molecule has 3 nitrogen and oxygen atoms in total. The molecule has 2 N–H and O–H groups in total. The highest BCUT2D eigenvalue weighted by Crippen LogP contribution is 2.20. The maximum Gasteiger partial charge on any atom is 0.137 e. The van der Waals surface area contributed by atoms with Gasteiger partial charge in [-0.3, -0.25) is 0 Å². The van der Waals surface area contributed by atoms with Crippen molar-refractivity contribution in [3.8, 4) is 0 Å². The summed E-state index contributed by atoms with van der Waals surface area (Å²) >= 11 is 3.06. The summed E-state index contributed by atoms with van der Waals surface area (Å²) in [5.74, 6) is -0.367. The third-order valence-electron chi connectivity index (χ3n) is 2.15. The van der Waals surface area contributed by atoms with Crippen LogP contribution in [0.25, 0.3) is 0 Å². The van der Waals surface area contributed by atoms with Crippen LogP contribution in [-0.2, 0) is 4.74 Å². The van der Waals surface area contributed by atoms with Crippen LogP contribution in [0, 0.1) is 5.82 Å². The van der Waals surface area contributed by atoms with Gasteiger partial charge in [-0.1, -0.05) is 6.07 Å². The van der Waals surface area contributed by atoms with E-state index < -0.39 is 6.10 Å². The molecule has 0 aliphatic rings. The molecule has 0 bridgehead atoms. The lowest BCUT2D eigenvalue weighted by Gasteiger charge is -2.12. The second-order valence-corrected chi connectivity index (χ2v) is 4.24. The van der Waals surface area contributed by atoms with E-state index in [0.717, 1.165) is 0 Å². The van der Waals surface area contributed by atoms with E-state index in [-0.39, 0.29) is 5.82 Å². The smallest absolute Gasteiger partial charge is 0.137 e. The molecule has 0 aliphatic heterocycles. The van der Waals surface area contributed by atoms with Crippen LogP contribution in [0.5, 0.6) is 0 Å². The standard InChI is InChI=1S/C11H15BrFNO2/c1-16-5-4-14-7-11(15)8-2-3-9(12)10(13)6-8/h2-3,6,11,14-15H,4-5,7H2,1H3. The average molecular weight is 292 g/mol. The third kappa shape index (κ3) is 4.17. The Hall–Kier alpha value is -0.490. The molecule has 0 saturated carbocycles. The molecule has 1 aromatic carbocycles. The number of nitrogens with one attached hydrogen (secondary N) is 1. The largest absolute Gasteiger partial charge is 0.387 e. The van der Waals surface area contributed by atoms with Gasteiger partial charge in [0.1, 0.15) is 5.82 Å². The van der Waals surface area contributed by atoms with Gasteiger partial charge in [0.05, 0.1) is 17.2 Å². The summed E-state index contributed by atoms with van der Waals surface area (Å²) in [6, 6.07) is 4.60. The van der Waals surface area contributed by atoms with Crippen LogP contribution in [-0.4, -0.2) is 31.9 Å². The molecule has 1 atom stereocenters. The molecular formula is C11H15BrFNO2. The van der Waals surface area contributed by atoms with Crippen molar-refractivity contribution < 1.29 is 14.2 Å². The molecular weight excluding hydrogens is 277 g/mol. The van der Waals surface area contributed by atoms with Crippen LogP contribution in [0.1, 0.15) is 11.7 Å². The van der Waals surface area contributed by atoms with Gasteiger partial charge in [-0.25, -0.2) is 4.39 Å². The molecule has 0 aliphatic carbocycles. The summed E-state index contributed by atoms with van der Waals surface area (Å²) in [6.45, 7) is 1.62. The second-order valence-electron chi connectivity index (χ2n) is 3.39. The number of methoxy groups -OCH3 is 1. The van der Waals surface area contributed by atoms with E-state index in [1.165, 1.54) is 6.07 Å². The van der Waals surface area contributed by atoms with Crippen LogP contribution in [0.4, 0.5) is 4.39 Å². The zero-order valence-corrected chi connectivity index (χ0v) is 10.6. The van der Waals surface area contributed by atoms with Crippen molar-refractivity contribution in [2.45, 2.75) is 6.10 Å². The van der Waals surface area contributed by atoms with Crippen molar-refractivity contribution in [3.63, 3.8) is 0 Å². The van der Waals surface area contributed by atoms with Gasteiger partial charge in [0.2, 0.25) is 0 Å². The van der Waals surface area contributed by atoms with Crippen LogP contribution in [0.15, 0.2) is 22.7 Å². The van der Waals surface area contributed by atoms with Crippen molar-refractivity contribution in [1.29, 1.82) is 0 Å². The highest BCUT2D eigenvalue weighted by atomic mass is 79.9. The van der Waals surface area contributed by atoms with E-state index in [2.05, 4.69) is 21.2 Å². The monoisotopic (exact) mass is 291 g/mol. The lowest BCUT2D eigenvalue weighted by molar-refractivity contribution is 0.161. The minimum Gasteiger partial charge on any atom is -0.387 e. The van der Waals surface area contributed by atoms with Gasteiger partial charge < -0.3 is 15.2 Å². The molecule has 0 saturated heterocycles. The number of halogens is 2. The Balaban J connectivity index is 2.46. The zero-order valence-electron chi connectivity index (χ0n) is 9.04. The fourth-order valence-electron chi connectivity index (χ4n) is 1.25. The maximum absolute atomic E-state index is 13.2. The molecule has 0 radical (unpaired) electrons. The molecule has 0 heterocycles. The van der Waals surface area contributed by atoms with E-state index >= 15 is 0 Å². The summed E-state index contributed by atoms with van der Waals surface area (Å²) in [5, 5.41) is 12.8. The fraction of sp³-hybridized carbons (Fsp3) is 0.455. The Kier molecular flexibility index (Phi) is 5.90. The lowest BCUT2D eigenvalue weighted by Crippen LogP contribution is -2.25. The minimum absolute atomic E-state index is 0.367. The number of hydrogen-bond acceptors (Lipinski definition) is 3. The van der Waals surface area contributed by atoms with Crippen LogP contribution in [0.3, 0.4) is 0 Å². The molecule has 1 aromatic rings. The molecule has 0 fully saturated rings. The molecule has 0 aromatic heterocycles. The summed E-state index contributed by atoms with van der Waals surface area (Å²) in [7, 11) is 1.61. The third-order valence-corrected chi connectivity index (χ3v) is 2.79. The Labute approximate surface area is 103 Å². The van der Waals surface area contributed by atoms with E-state index in [0.29, 0.717) is 29.7 Å². The second kappa shape index (κ2) is 6.96. The predicted molar refractivity (Wildman–Crippen MR) is 63.8 cm³/mol. The van der Waals surface area contributed by atoms with Crippen LogP contribution >= 0.6 is 15.9 Å². The van der Waals surface area contributed by atoms with E-state index in [1.807, 2.05) is 0 Å². The number of aliphatic hydroxyl groups excluding tert-OH is 1. The molecule has 1 rings (SSSR count). The minimum atomic E-state index is -0.709. The molecule has 0 spiro atoms. The van der Waals surface area contributed by atoms with Gasteiger partial charge in [0.15, 0.2) is 0 Å². The van der Waals surface area contributed by atoms with E-state index in [4.69, 9.17) is 4.74 Å². The molecule has 16 heavy (non-hydrogen) atoms. The van der Waals surface area contributed by atoms with Crippen LogP contribution < -0.4 is 5.32 Å². The van der Waals surface area contributed by atoms with Crippen LogP contribution in [0.2, 0.25) is 0 Å². The average Bonchev–Trinajstić information content (AvgIpc) is 2.28. The van der Waals surface area contributed by atoms with Crippen molar-refractivity contribution in [3.05, 3.63) is 34.1 Å². The molecule has 1 unspecified atom stereocenters.